The van der Waals surface area contributed by atoms with Gasteiger partial charge in [-0.1, -0.05) is 30.8 Å². The molecule has 0 bridgehead atoms. The first-order valence-electron chi connectivity index (χ1n) is 15.0. The van der Waals surface area contributed by atoms with E-state index in [1.165, 1.54) is 51.9 Å². The lowest BCUT2D eigenvalue weighted by Gasteiger charge is -2.32. The molecule has 0 saturated heterocycles. The summed E-state index contributed by atoms with van der Waals surface area (Å²) in [6.07, 6.45) is 11.6. The van der Waals surface area contributed by atoms with Crippen LogP contribution in [-0.2, 0) is 19.3 Å². The third-order valence-electron chi connectivity index (χ3n) is 9.53. The average molecular weight is 537 g/mol. The van der Waals surface area contributed by atoms with Crippen molar-refractivity contribution in [3.63, 3.8) is 0 Å². The van der Waals surface area contributed by atoms with E-state index in [2.05, 4.69) is 71.9 Å². The van der Waals surface area contributed by atoms with Gasteiger partial charge in [-0.05, 0) is 99.1 Å². The van der Waals surface area contributed by atoms with Crippen LogP contribution in [0.25, 0.3) is 39.0 Å². The van der Waals surface area contributed by atoms with Crippen molar-refractivity contribution < 1.29 is 8.98 Å². The molecule has 2 unspecified atom stereocenters. The third kappa shape index (κ3) is 3.84. The Labute approximate surface area is 240 Å². The molecule has 5 aromatic rings. The minimum Gasteiger partial charge on any atom is -0.438 e. The average Bonchev–Trinajstić information content (AvgIpc) is 3.35. The van der Waals surface area contributed by atoms with Gasteiger partial charge in [-0.15, -0.1) is 0 Å². The van der Waals surface area contributed by atoms with Crippen molar-refractivity contribution in [3.8, 4) is 11.3 Å². The quantitative estimate of drug-likeness (QED) is 0.203. The number of rotatable bonds is 1. The summed E-state index contributed by atoms with van der Waals surface area (Å²) in [7, 11) is 0. The zero-order valence-corrected chi connectivity index (χ0v) is 23.6. The molecule has 0 spiro atoms. The van der Waals surface area contributed by atoms with Gasteiger partial charge in [0.2, 0.25) is 11.4 Å². The highest BCUT2D eigenvalue weighted by atomic mass is 16.3. The molecule has 3 aromatic heterocycles. The van der Waals surface area contributed by atoms with Crippen molar-refractivity contribution >= 4 is 33.5 Å². The highest BCUT2D eigenvalue weighted by Crippen LogP contribution is 2.42. The molecule has 0 saturated carbocycles. The number of allylic oxidation sites excluding steroid dienone is 1. The number of fused-ring (bicyclic) bond motifs is 11. The van der Waals surface area contributed by atoms with Crippen molar-refractivity contribution in [2.75, 3.05) is 0 Å². The molecule has 2 atom stereocenters. The van der Waals surface area contributed by atoms with Crippen molar-refractivity contribution in [3.05, 3.63) is 114 Å². The molecule has 0 amide bonds. The largest absolute Gasteiger partial charge is 0.438 e. The Balaban J connectivity index is 1.39. The van der Waals surface area contributed by atoms with E-state index in [-0.39, 0.29) is 6.04 Å². The Bertz CT molecular complexity index is 1940. The molecule has 0 radical (unpaired) electrons. The van der Waals surface area contributed by atoms with Crippen molar-refractivity contribution in [1.29, 1.82) is 0 Å². The van der Waals surface area contributed by atoms with Crippen LogP contribution in [0.2, 0.25) is 0 Å². The number of hydrogen-bond donors (Lipinski definition) is 0. The lowest BCUT2D eigenvalue weighted by atomic mass is 9.77. The second-order valence-corrected chi connectivity index (χ2v) is 11.9. The maximum Gasteiger partial charge on any atom is 0.227 e. The summed E-state index contributed by atoms with van der Waals surface area (Å²) in [6.45, 7) is 10.8. The van der Waals surface area contributed by atoms with Crippen LogP contribution in [0.5, 0.6) is 0 Å². The van der Waals surface area contributed by atoms with Gasteiger partial charge in [-0.2, -0.15) is 4.57 Å². The molecule has 2 aliphatic heterocycles. The van der Waals surface area contributed by atoms with Gasteiger partial charge in [0.15, 0.2) is 11.9 Å². The van der Waals surface area contributed by atoms with Gasteiger partial charge >= 0.3 is 0 Å². The number of aromatic nitrogens is 2. The fourth-order valence-electron chi connectivity index (χ4n) is 7.54. The normalized spacial score (nSPS) is 19.9. The Morgan fingerprint density at radius 1 is 0.951 bits per heavy atom. The minimum absolute atomic E-state index is 0.116. The summed E-state index contributed by atoms with van der Waals surface area (Å²) in [5.41, 5.74) is 14.2. The molecule has 3 aliphatic rings. The zero-order valence-electron chi connectivity index (χ0n) is 23.6. The number of aliphatic imine (C=N–C) groups is 1. The first-order chi connectivity index (χ1) is 20.1. The number of hydrogen-bond acceptors (Lipinski definition) is 3. The minimum atomic E-state index is 0.116. The molecule has 2 aromatic carbocycles. The highest BCUT2D eigenvalue weighted by molar-refractivity contribution is 6.10. The number of nitrogens with zero attached hydrogens (tertiary/aromatic N) is 3. The fourth-order valence-corrected chi connectivity index (χ4v) is 7.54. The van der Waals surface area contributed by atoms with E-state index in [0.29, 0.717) is 11.6 Å². The van der Waals surface area contributed by atoms with Crippen molar-refractivity contribution in [2.24, 2.45) is 4.99 Å². The fraction of sp³-hybridized carbons (Fsp3) is 0.270. The van der Waals surface area contributed by atoms with E-state index < -0.39 is 0 Å². The van der Waals surface area contributed by atoms with Crippen molar-refractivity contribution in [2.45, 2.75) is 63.8 Å². The number of furan rings is 1. The second kappa shape index (κ2) is 9.37. The molecule has 202 valence electrons. The van der Waals surface area contributed by atoms with Crippen LogP contribution in [-0.4, -0.2) is 16.7 Å². The van der Waals surface area contributed by atoms with Crippen LogP contribution in [0, 0.1) is 6.92 Å². The molecule has 0 N–H and O–H groups in total. The lowest BCUT2D eigenvalue weighted by molar-refractivity contribution is -0.572. The lowest BCUT2D eigenvalue weighted by Crippen LogP contribution is -2.39. The van der Waals surface area contributed by atoms with Gasteiger partial charge < -0.3 is 4.42 Å². The van der Waals surface area contributed by atoms with E-state index in [1.54, 1.807) is 0 Å². The zero-order chi connectivity index (χ0) is 27.7. The maximum atomic E-state index is 6.37. The molecule has 5 heterocycles. The Morgan fingerprint density at radius 3 is 2.73 bits per heavy atom. The topological polar surface area (TPSA) is 42.3 Å². The standard InChI is InChI=1S/C37H34N3O/c1-4-33-28-12-8-7-11-27(28)29-16-14-25-20-35-32(30-15-13-22(2)38-37(30)41-35)21-31(25)36-26-10-6-5-9-24(26)17-18-40(36)23(3)19-34(29)39-33/h4,7-8,11-13,15,17-18,20-21,29,34H,1,3,5-6,9-10,14,16,19H2,2H3/q+1. The van der Waals surface area contributed by atoms with Gasteiger partial charge in [0, 0.05) is 39.6 Å². The van der Waals surface area contributed by atoms with Crippen LogP contribution in [0.4, 0.5) is 0 Å². The molecule has 8 rings (SSSR count). The number of aryl methyl sites for hydroxylation is 3. The van der Waals surface area contributed by atoms with Gasteiger partial charge in [-0.3, -0.25) is 4.99 Å². The Hall–Kier alpha value is -4.31. The molecule has 41 heavy (non-hydrogen) atoms. The predicted octanol–water partition coefficient (Wildman–Crippen LogP) is 8.07. The number of pyridine rings is 2. The Kier molecular flexibility index (Phi) is 5.60. The van der Waals surface area contributed by atoms with Gasteiger partial charge in [-0.25, -0.2) is 4.98 Å². The molecule has 0 fully saturated rings. The highest BCUT2D eigenvalue weighted by Gasteiger charge is 2.36. The molecular formula is C37H34N3O+. The van der Waals surface area contributed by atoms with E-state index in [1.807, 2.05) is 13.0 Å². The molecule has 4 heteroatoms. The van der Waals surface area contributed by atoms with Gasteiger partial charge in [0.05, 0.1) is 23.7 Å². The summed E-state index contributed by atoms with van der Waals surface area (Å²) in [6, 6.07) is 20.1. The maximum absolute atomic E-state index is 6.37. The predicted molar refractivity (Wildman–Crippen MR) is 166 cm³/mol. The van der Waals surface area contributed by atoms with E-state index in [0.717, 1.165) is 65.6 Å². The summed E-state index contributed by atoms with van der Waals surface area (Å²) in [4.78, 5) is 10.0. The summed E-state index contributed by atoms with van der Waals surface area (Å²) in [5, 5.41) is 2.21. The monoisotopic (exact) mass is 536 g/mol. The van der Waals surface area contributed by atoms with Gasteiger partial charge in [0.25, 0.3) is 0 Å². The molecule has 4 nitrogen and oxygen atoms in total. The number of benzene rings is 2. The van der Waals surface area contributed by atoms with E-state index in [9.17, 15) is 0 Å². The van der Waals surface area contributed by atoms with Crippen LogP contribution < -0.4 is 4.57 Å². The molecular weight excluding hydrogens is 502 g/mol. The van der Waals surface area contributed by atoms with Crippen LogP contribution in [0.3, 0.4) is 0 Å². The summed E-state index contributed by atoms with van der Waals surface area (Å²) in [5.74, 6) is 0.301. The first-order valence-corrected chi connectivity index (χ1v) is 15.0. The van der Waals surface area contributed by atoms with Crippen LogP contribution >= 0.6 is 0 Å². The van der Waals surface area contributed by atoms with E-state index >= 15 is 0 Å². The Morgan fingerprint density at radius 2 is 1.83 bits per heavy atom. The first kappa shape index (κ1) is 24.5. The van der Waals surface area contributed by atoms with Gasteiger partial charge in [0.1, 0.15) is 5.58 Å². The SMILES string of the molecule is C=CC1=NC2CC(=C)[n+]3ccc4c(c3-c3cc5c(cc3CCC2c2ccccc21)oc1nc(C)ccc15)CCCC4. The molecule has 1 aliphatic carbocycles. The summed E-state index contributed by atoms with van der Waals surface area (Å²) >= 11 is 0. The smallest absolute Gasteiger partial charge is 0.227 e. The second-order valence-electron chi connectivity index (χ2n) is 11.9. The van der Waals surface area contributed by atoms with Crippen LogP contribution in [0.1, 0.15) is 65.1 Å². The third-order valence-corrected chi connectivity index (χ3v) is 9.53. The van der Waals surface area contributed by atoms with Crippen LogP contribution in [0.15, 0.2) is 89.4 Å². The summed E-state index contributed by atoms with van der Waals surface area (Å²) < 4.78 is 8.75. The van der Waals surface area contributed by atoms with E-state index in [4.69, 9.17) is 21.0 Å². The van der Waals surface area contributed by atoms with Crippen molar-refractivity contribution in [1.82, 2.24) is 4.98 Å².